The predicted octanol–water partition coefficient (Wildman–Crippen LogP) is 2.78. The Bertz CT molecular complexity index is 734. The van der Waals surface area contributed by atoms with Gasteiger partial charge in [-0.25, -0.2) is 9.79 Å². The normalized spacial score (nSPS) is 20.0. The third kappa shape index (κ3) is 2.86. The number of aromatic nitrogens is 1. The highest BCUT2D eigenvalue weighted by Gasteiger charge is 2.40. The lowest BCUT2D eigenvalue weighted by molar-refractivity contribution is -0.146. The number of aryl methyl sites for hydroxylation is 1. The molecular weight excluding hydrogens is 292 g/mol. The van der Waals surface area contributed by atoms with Crippen molar-refractivity contribution in [3.05, 3.63) is 59.4 Å². The van der Waals surface area contributed by atoms with Gasteiger partial charge in [0.05, 0.1) is 12.3 Å². The van der Waals surface area contributed by atoms with Crippen LogP contribution in [0.1, 0.15) is 30.0 Å². The van der Waals surface area contributed by atoms with Crippen LogP contribution in [0.2, 0.25) is 0 Å². The van der Waals surface area contributed by atoms with Gasteiger partial charge in [-0.05, 0) is 38.1 Å². The van der Waals surface area contributed by atoms with Crippen molar-refractivity contribution >= 4 is 11.9 Å². The van der Waals surface area contributed by atoms with Gasteiger partial charge in [-0.1, -0.05) is 18.2 Å². The molecule has 0 N–H and O–H groups in total. The van der Waals surface area contributed by atoms with Gasteiger partial charge in [-0.2, -0.15) is 0 Å². The van der Waals surface area contributed by atoms with E-state index in [4.69, 9.17) is 9.47 Å². The minimum Gasteiger partial charge on any atom is -0.465 e. The van der Waals surface area contributed by atoms with Crippen molar-refractivity contribution in [2.24, 2.45) is 12.0 Å². The SMILES string of the molecule is CCOC(=O)C1N=C(c2ccccc2)OC1c1ccc(C)n1C. The molecule has 120 valence electrons. The first-order valence-corrected chi connectivity index (χ1v) is 7.70. The topological polar surface area (TPSA) is 52.8 Å². The fourth-order valence-electron chi connectivity index (χ4n) is 2.68. The molecule has 3 rings (SSSR count). The van der Waals surface area contributed by atoms with Crippen molar-refractivity contribution in [1.82, 2.24) is 4.57 Å². The average Bonchev–Trinajstić information content (AvgIpc) is 3.13. The summed E-state index contributed by atoms with van der Waals surface area (Å²) in [6.07, 6.45) is -0.469. The van der Waals surface area contributed by atoms with Gasteiger partial charge in [-0.3, -0.25) is 0 Å². The number of rotatable bonds is 4. The molecule has 0 amide bonds. The van der Waals surface area contributed by atoms with Crippen LogP contribution in [0.3, 0.4) is 0 Å². The lowest BCUT2D eigenvalue weighted by atomic mass is 10.1. The molecule has 5 nitrogen and oxygen atoms in total. The highest BCUT2D eigenvalue weighted by atomic mass is 16.5. The first-order chi connectivity index (χ1) is 11.1. The zero-order valence-corrected chi connectivity index (χ0v) is 13.5. The molecule has 0 bridgehead atoms. The van der Waals surface area contributed by atoms with E-state index >= 15 is 0 Å². The molecule has 0 spiro atoms. The van der Waals surface area contributed by atoms with Gasteiger partial charge in [-0.15, -0.1) is 0 Å². The van der Waals surface area contributed by atoms with Gasteiger partial charge in [0, 0.05) is 18.3 Å². The summed E-state index contributed by atoms with van der Waals surface area (Å²) in [5.74, 6) is 0.120. The minimum absolute atomic E-state index is 0.324. The second-order valence-corrected chi connectivity index (χ2v) is 5.49. The third-order valence-electron chi connectivity index (χ3n) is 4.03. The summed E-state index contributed by atoms with van der Waals surface area (Å²) in [6.45, 7) is 4.12. The monoisotopic (exact) mass is 312 g/mol. The van der Waals surface area contributed by atoms with Crippen LogP contribution in [0.15, 0.2) is 47.5 Å². The number of hydrogen-bond acceptors (Lipinski definition) is 4. The molecule has 0 saturated heterocycles. The maximum Gasteiger partial charge on any atom is 0.335 e. The van der Waals surface area contributed by atoms with Gasteiger partial charge in [0.1, 0.15) is 0 Å². The number of nitrogens with zero attached hydrogens (tertiary/aromatic N) is 2. The summed E-state index contributed by atoms with van der Waals surface area (Å²) < 4.78 is 13.2. The van der Waals surface area contributed by atoms with E-state index in [0.717, 1.165) is 17.0 Å². The molecule has 1 aromatic heterocycles. The second-order valence-electron chi connectivity index (χ2n) is 5.49. The van der Waals surface area contributed by atoms with Crippen LogP contribution in [0.4, 0.5) is 0 Å². The highest BCUT2D eigenvalue weighted by molar-refractivity contribution is 5.98. The Morgan fingerprint density at radius 3 is 2.61 bits per heavy atom. The Kier molecular flexibility index (Phi) is 4.19. The molecule has 5 heteroatoms. The van der Waals surface area contributed by atoms with E-state index in [2.05, 4.69) is 4.99 Å². The molecule has 2 unspecified atom stereocenters. The standard InChI is InChI=1S/C18H20N2O3/c1-4-22-18(21)15-16(14-11-10-12(2)20(14)3)23-17(19-15)13-8-6-5-7-9-13/h5-11,15-16H,4H2,1-3H3. The van der Waals surface area contributed by atoms with E-state index in [1.165, 1.54) is 0 Å². The molecule has 0 saturated carbocycles. The largest absolute Gasteiger partial charge is 0.465 e. The molecule has 23 heavy (non-hydrogen) atoms. The maximum absolute atomic E-state index is 12.3. The van der Waals surface area contributed by atoms with Crippen molar-refractivity contribution < 1.29 is 14.3 Å². The van der Waals surface area contributed by atoms with Gasteiger partial charge < -0.3 is 14.0 Å². The number of ether oxygens (including phenoxy) is 2. The summed E-state index contributed by atoms with van der Waals surface area (Å²) in [7, 11) is 1.96. The Labute approximate surface area is 135 Å². The van der Waals surface area contributed by atoms with Gasteiger partial charge in [0.25, 0.3) is 0 Å². The van der Waals surface area contributed by atoms with Crippen molar-refractivity contribution in [2.75, 3.05) is 6.61 Å². The summed E-state index contributed by atoms with van der Waals surface area (Å²) in [4.78, 5) is 16.8. The molecular formula is C18H20N2O3. The number of hydrogen-bond donors (Lipinski definition) is 0. The van der Waals surface area contributed by atoms with E-state index in [1.807, 2.05) is 61.0 Å². The average molecular weight is 312 g/mol. The van der Waals surface area contributed by atoms with Crippen molar-refractivity contribution in [3.8, 4) is 0 Å². The number of carbonyl (C=O) groups is 1. The smallest absolute Gasteiger partial charge is 0.335 e. The van der Waals surface area contributed by atoms with Crippen LogP contribution < -0.4 is 0 Å². The van der Waals surface area contributed by atoms with Crippen LogP contribution in [-0.4, -0.2) is 29.1 Å². The third-order valence-corrected chi connectivity index (χ3v) is 4.03. The quantitative estimate of drug-likeness (QED) is 0.816. The zero-order chi connectivity index (χ0) is 16.4. The number of esters is 1. The Morgan fingerprint density at radius 2 is 2.00 bits per heavy atom. The van der Waals surface area contributed by atoms with Crippen LogP contribution in [0, 0.1) is 6.92 Å². The lowest BCUT2D eigenvalue weighted by Gasteiger charge is -2.18. The Hall–Kier alpha value is -2.56. The van der Waals surface area contributed by atoms with Gasteiger partial charge in [0.2, 0.25) is 5.90 Å². The first-order valence-electron chi connectivity index (χ1n) is 7.70. The number of aliphatic imine (C=N–C) groups is 1. The van der Waals surface area contributed by atoms with Gasteiger partial charge in [0.15, 0.2) is 12.1 Å². The van der Waals surface area contributed by atoms with E-state index < -0.39 is 12.1 Å². The molecule has 2 atom stereocenters. The fourth-order valence-corrected chi connectivity index (χ4v) is 2.68. The Balaban J connectivity index is 1.96. The van der Waals surface area contributed by atoms with Crippen LogP contribution in [0.5, 0.6) is 0 Å². The predicted molar refractivity (Wildman–Crippen MR) is 87.4 cm³/mol. The first kappa shape index (κ1) is 15.3. The molecule has 0 aliphatic carbocycles. The lowest BCUT2D eigenvalue weighted by Crippen LogP contribution is -2.27. The molecule has 0 radical (unpaired) electrons. The second kappa shape index (κ2) is 6.28. The van der Waals surface area contributed by atoms with E-state index in [9.17, 15) is 4.79 Å². The van der Waals surface area contributed by atoms with E-state index in [-0.39, 0.29) is 5.97 Å². The van der Waals surface area contributed by atoms with Crippen LogP contribution >= 0.6 is 0 Å². The molecule has 2 aromatic rings. The van der Waals surface area contributed by atoms with Gasteiger partial charge >= 0.3 is 5.97 Å². The molecule has 1 aromatic carbocycles. The Morgan fingerprint density at radius 1 is 1.26 bits per heavy atom. The highest BCUT2D eigenvalue weighted by Crippen LogP contribution is 2.32. The zero-order valence-electron chi connectivity index (χ0n) is 13.5. The number of carbonyl (C=O) groups excluding carboxylic acids is 1. The molecule has 2 heterocycles. The summed E-state index contributed by atoms with van der Waals surface area (Å²) >= 11 is 0. The van der Waals surface area contributed by atoms with Crippen molar-refractivity contribution in [2.45, 2.75) is 26.0 Å². The van der Waals surface area contributed by atoms with Crippen molar-refractivity contribution in [1.29, 1.82) is 0 Å². The molecule has 0 fully saturated rings. The molecule has 1 aliphatic heterocycles. The summed E-state index contributed by atoms with van der Waals surface area (Å²) in [6, 6.07) is 12.9. The van der Waals surface area contributed by atoms with E-state index in [1.54, 1.807) is 6.92 Å². The number of benzene rings is 1. The van der Waals surface area contributed by atoms with E-state index in [0.29, 0.717) is 12.5 Å². The van der Waals surface area contributed by atoms with Crippen LogP contribution in [-0.2, 0) is 21.3 Å². The van der Waals surface area contributed by atoms with Crippen LogP contribution in [0.25, 0.3) is 0 Å². The van der Waals surface area contributed by atoms with Crippen molar-refractivity contribution in [3.63, 3.8) is 0 Å². The summed E-state index contributed by atoms with van der Waals surface area (Å²) in [5.41, 5.74) is 2.87. The fraction of sp³-hybridized carbons (Fsp3) is 0.333. The minimum atomic E-state index is -0.682. The molecule has 1 aliphatic rings. The maximum atomic E-state index is 12.3. The summed E-state index contributed by atoms with van der Waals surface area (Å²) in [5, 5.41) is 0.